The summed E-state index contributed by atoms with van der Waals surface area (Å²) in [5, 5.41) is 34.7. The number of aromatic nitrogens is 4. The lowest BCUT2D eigenvalue weighted by Crippen LogP contribution is -2.11. The molecule has 1 saturated carbocycles. The smallest absolute Gasteiger partial charge is 0.305 e. The van der Waals surface area contributed by atoms with Crippen molar-refractivity contribution >= 4 is 58.0 Å². The molecule has 5 heterocycles. The van der Waals surface area contributed by atoms with Crippen molar-refractivity contribution in [2.45, 2.75) is 64.2 Å². The Hall–Kier alpha value is -8.57. The fourth-order valence-electron chi connectivity index (χ4n) is 11.1. The van der Waals surface area contributed by atoms with E-state index in [-0.39, 0.29) is 52.2 Å². The summed E-state index contributed by atoms with van der Waals surface area (Å²) in [7, 11) is 0. The highest BCUT2D eigenvalue weighted by atomic mass is 19.2. The Morgan fingerprint density at radius 1 is 0.553 bits per heavy atom. The van der Waals surface area contributed by atoms with Gasteiger partial charge in [0.25, 0.3) is 0 Å². The number of fused-ring (bicyclic) bond motifs is 9. The maximum Gasteiger partial charge on any atom is 0.305 e. The van der Waals surface area contributed by atoms with Crippen molar-refractivity contribution in [2.75, 3.05) is 18.5 Å². The molecule has 2 aliphatic carbocycles. The van der Waals surface area contributed by atoms with Gasteiger partial charge < -0.3 is 35.3 Å². The summed E-state index contributed by atoms with van der Waals surface area (Å²) in [5.41, 5.74) is 3.78. The number of rotatable bonds is 15. The van der Waals surface area contributed by atoms with Gasteiger partial charge in [0.15, 0.2) is 23.3 Å². The molecule has 11 rings (SSSR count). The number of hydrogen-bond donors (Lipinski definition) is 6. The highest BCUT2D eigenvalue weighted by Crippen LogP contribution is 2.52. The molecule has 8 bridgehead atoms. The Bertz CT molecular complexity index is 3650. The van der Waals surface area contributed by atoms with E-state index in [2.05, 4.69) is 27.1 Å². The summed E-state index contributed by atoms with van der Waals surface area (Å²) in [6.07, 6.45) is 14.2. The number of nitrogens with one attached hydrogen (secondary N) is 3. The Morgan fingerprint density at radius 2 is 0.974 bits per heavy atom. The molecule has 7 aromatic rings. The molecule has 0 saturated heterocycles. The SMILES string of the molecule is O=C(CCCCCCCNc1c(F)c(F)c(-c2c3nc(c(-c4cccc(O)c4)c4ccc([nH]4)c(-c4cccc(O)c4)c4nc(c(-c5cccc(O)c5)c5ccc2[nH]5)C=C4)C=C3)c(F)c1F)OCC1[C@H]2CCC#CCC[C@@H]12. The molecule has 3 aromatic heterocycles. The Labute approximate surface area is 435 Å². The minimum Gasteiger partial charge on any atom is -0.508 e. The number of anilines is 1. The van der Waals surface area contributed by atoms with Gasteiger partial charge in [-0.2, -0.15) is 0 Å². The van der Waals surface area contributed by atoms with Crippen molar-refractivity contribution < 1.29 is 42.4 Å². The second-order valence-corrected chi connectivity index (χ2v) is 19.7. The first-order chi connectivity index (χ1) is 37.0. The van der Waals surface area contributed by atoms with Gasteiger partial charge >= 0.3 is 5.97 Å². The molecule has 10 nitrogen and oxygen atoms in total. The van der Waals surface area contributed by atoms with E-state index in [1.54, 1.807) is 72.8 Å². The number of ether oxygens (including phenoxy) is 1. The normalized spacial score (nSPS) is 16.3. The summed E-state index contributed by atoms with van der Waals surface area (Å²) < 4.78 is 72.4. The molecule has 4 aliphatic rings. The number of aromatic amines is 2. The third kappa shape index (κ3) is 10.0. The van der Waals surface area contributed by atoms with Crippen molar-refractivity contribution in [3.8, 4) is 73.6 Å². The zero-order valence-electron chi connectivity index (χ0n) is 41.3. The molecule has 1 unspecified atom stereocenters. The number of aromatic hydroxyl groups is 3. The molecule has 1 fully saturated rings. The van der Waals surface area contributed by atoms with Gasteiger partial charge in [-0.05, 0) is 145 Å². The lowest BCUT2D eigenvalue weighted by atomic mass is 10.0. The quantitative estimate of drug-likeness (QED) is 0.0195. The molecule has 14 heteroatoms. The molecular formula is C62H53F4N5O5. The Morgan fingerprint density at radius 3 is 1.43 bits per heavy atom. The third-order valence-corrected chi connectivity index (χ3v) is 14.8. The summed E-state index contributed by atoms with van der Waals surface area (Å²) in [5.74, 6) is 1.28. The number of nitrogens with zero attached hydrogens (tertiary/aromatic N) is 2. The highest BCUT2D eigenvalue weighted by Gasteiger charge is 2.49. The lowest BCUT2D eigenvalue weighted by molar-refractivity contribution is -0.144. The molecule has 6 N–H and O–H groups in total. The molecular weight excluding hydrogens is 971 g/mol. The molecule has 0 amide bonds. The molecule has 3 atom stereocenters. The maximum atomic E-state index is 16.9. The monoisotopic (exact) mass is 1020 g/mol. The highest BCUT2D eigenvalue weighted by molar-refractivity contribution is 6.00. The number of H-pyrrole nitrogens is 2. The fourth-order valence-corrected chi connectivity index (χ4v) is 11.1. The number of benzene rings is 4. The van der Waals surface area contributed by atoms with E-state index in [0.29, 0.717) is 111 Å². The van der Waals surface area contributed by atoms with Crippen LogP contribution in [0, 0.1) is 52.9 Å². The van der Waals surface area contributed by atoms with Crippen LogP contribution < -0.4 is 5.32 Å². The largest absolute Gasteiger partial charge is 0.508 e. The number of halogens is 4. The van der Waals surface area contributed by atoms with Crippen molar-refractivity contribution in [1.29, 1.82) is 0 Å². The van der Waals surface area contributed by atoms with E-state index in [1.165, 1.54) is 24.3 Å². The fraction of sp³-hybridized carbons (Fsp3) is 0.242. The van der Waals surface area contributed by atoms with Gasteiger partial charge in [0.05, 0.1) is 34.9 Å². The van der Waals surface area contributed by atoms with Crippen molar-refractivity contribution in [3.63, 3.8) is 0 Å². The first kappa shape index (κ1) is 49.6. The summed E-state index contributed by atoms with van der Waals surface area (Å²) in [4.78, 5) is 29.3. The summed E-state index contributed by atoms with van der Waals surface area (Å²) in [6.45, 7) is 0.488. The van der Waals surface area contributed by atoms with Crippen molar-refractivity contribution in [2.24, 2.45) is 17.8 Å². The second kappa shape index (κ2) is 21.3. The number of carbonyl (C=O) groups excluding carboxylic acids is 1. The van der Waals surface area contributed by atoms with E-state index in [1.807, 2.05) is 24.3 Å². The van der Waals surface area contributed by atoms with E-state index >= 15 is 17.6 Å². The van der Waals surface area contributed by atoms with Crippen LogP contribution in [-0.2, 0) is 9.53 Å². The molecule has 76 heavy (non-hydrogen) atoms. The second-order valence-electron chi connectivity index (χ2n) is 19.7. The molecule has 0 radical (unpaired) electrons. The zero-order valence-corrected chi connectivity index (χ0v) is 41.3. The summed E-state index contributed by atoms with van der Waals surface area (Å²) in [6, 6.07) is 26.6. The van der Waals surface area contributed by atoms with Crippen LogP contribution in [0.4, 0.5) is 23.2 Å². The van der Waals surface area contributed by atoms with Gasteiger partial charge in [-0.25, -0.2) is 27.5 Å². The van der Waals surface area contributed by atoms with E-state index in [0.717, 1.165) is 38.5 Å². The predicted molar refractivity (Wildman–Crippen MR) is 289 cm³/mol. The molecule has 0 spiro atoms. The van der Waals surface area contributed by atoms with Crippen LogP contribution in [0.1, 0.15) is 87.0 Å². The Balaban J connectivity index is 0.946. The number of phenols is 3. The average Bonchev–Trinajstić information content (AvgIpc) is 4.13. The minimum absolute atomic E-state index is 0.0273. The van der Waals surface area contributed by atoms with Gasteiger partial charge in [0.1, 0.15) is 22.9 Å². The van der Waals surface area contributed by atoms with E-state index < -0.39 is 34.5 Å². The lowest BCUT2D eigenvalue weighted by Gasteiger charge is -2.14. The van der Waals surface area contributed by atoms with Crippen LogP contribution in [0.25, 0.3) is 90.9 Å². The van der Waals surface area contributed by atoms with Crippen molar-refractivity contribution in [1.82, 2.24) is 19.9 Å². The topological polar surface area (TPSA) is 156 Å². The molecule has 2 aliphatic heterocycles. The predicted octanol–water partition coefficient (Wildman–Crippen LogP) is 14.7. The molecule has 4 aromatic carbocycles. The van der Waals surface area contributed by atoms with Crippen LogP contribution in [0.15, 0.2) is 97.1 Å². The van der Waals surface area contributed by atoms with Crippen LogP contribution in [-0.4, -0.2) is 54.4 Å². The van der Waals surface area contributed by atoms with E-state index in [4.69, 9.17) is 14.7 Å². The van der Waals surface area contributed by atoms with Crippen LogP contribution in [0.5, 0.6) is 17.2 Å². The standard InChI is InChI=1S/C62H53F4N5O5/c63-58-57(59(64)61(66)62(60(58)65)67-30-9-5-1-2-8-21-52(75)76-34-43-41-19-6-3-4-7-20-42(41)43)56-50-28-26-48(70-50)54(36-14-11-17-39(73)32-36)46-24-22-44(68-46)53(35-13-10-16-38(72)31-35)45-23-25-47(69-45)55(49-27-29-51(56)71-49)37-15-12-18-40(74)33-37/h10-18,22-29,31-33,41-43,67-68,71-74H,1-2,5-9,19-21,30,34H2/t41-,42+,43?. The van der Waals surface area contributed by atoms with Crippen LogP contribution in [0.3, 0.4) is 0 Å². The summed E-state index contributed by atoms with van der Waals surface area (Å²) >= 11 is 0. The number of unbranched alkanes of at least 4 members (excludes halogenated alkanes) is 4. The van der Waals surface area contributed by atoms with Gasteiger partial charge in [-0.1, -0.05) is 55.7 Å². The first-order valence-corrected chi connectivity index (χ1v) is 25.8. The van der Waals surface area contributed by atoms with Gasteiger partial charge in [0, 0.05) is 70.1 Å². The minimum atomic E-state index is -1.64. The van der Waals surface area contributed by atoms with Crippen LogP contribution in [0.2, 0.25) is 0 Å². The number of carbonyl (C=O) groups is 1. The number of phenolic OH excluding ortho intramolecular Hbond substituents is 3. The van der Waals surface area contributed by atoms with Gasteiger partial charge in [0.2, 0.25) is 0 Å². The maximum absolute atomic E-state index is 16.9. The van der Waals surface area contributed by atoms with Gasteiger partial charge in [-0.3, -0.25) is 4.79 Å². The van der Waals surface area contributed by atoms with Crippen molar-refractivity contribution in [3.05, 3.63) is 143 Å². The first-order valence-electron chi connectivity index (χ1n) is 25.8. The van der Waals surface area contributed by atoms with Gasteiger partial charge in [-0.15, -0.1) is 11.8 Å². The Kier molecular flexibility index (Phi) is 13.9. The van der Waals surface area contributed by atoms with E-state index in [9.17, 15) is 20.1 Å². The van der Waals surface area contributed by atoms with Crippen LogP contribution >= 0.6 is 0 Å². The molecule has 384 valence electrons. The third-order valence-electron chi connectivity index (χ3n) is 14.8. The number of esters is 1. The zero-order chi connectivity index (χ0) is 52.5. The average molecular weight is 1020 g/mol. The number of hydrogen-bond acceptors (Lipinski definition) is 8.